The van der Waals surface area contributed by atoms with Gasteiger partial charge >= 0.3 is 0 Å². The lowest BCUT2D eigenvalue weighted by atomic mass is 10.1. The average Bonchev–Trinajstić information content (AvgIpc) is 2.95. The SMILES string of the molecule is CC(C)Cn1cc(C2=NNC(=O)[C@H]3C[C@@H]23)cn1. The topological polar surface area (TPSA) is 59.3 Å². The molecule has 0 saturated heterocycles. The van der Waals surface area contributed by atoms with Gasteiger partial charge in [-0.05, 0) is 12.3 Å². The number of fused-ring (bicyclic) bond motifs is 1. The molecule has 17 heavy (non-hydrogen) atoms. The highest BCUT2D eigenvalue weighted by molar-refractivity contribution is 6.09. The summed E-state index contributed by atoms with van der Waals surface area (Å²) >= 11 is 0. The van der Waals surface area contributed by atoms with Gasteiger partial charge in [0.1, 0.15) is 0 Å². The number of hydrogen-bond acceptors (Lipinski definition) is 3. The Labute approximate surface area is 99.9 Å². The molecule has 1 aliphatic carbocycles. The molecule has 0 aromatic carbocycles. The second-order valence-corrected chi connectivity index (χ2v) is 5.27. The molecule has 0 spiro atoms. The van der Waals surface area contributed by atoms with E-state index in [2.05, 4.69) is 29.5 Å². The Morgan fingerprint density at radius 3 is 3.12 bits per heavy atom. The van der Waals surface area contributed by atoms with Crippen molar-refractivity contribution in [2.45, 2.75) is 26.8 Å². The van der Waals surface area contributed by atoms with Crippen molar-refractivity contribution in [2.75, 3.05) is 0 Å². The van der Waals surface area contributed by atoms with Gasteiger partial charge in [-0.25, -0.2) is 5.43 Å². The summed E-state index contributed by atoms with van der Waals surface area (Å²) in [7, 11) is 0. The van der Waals surface area contributed by atoms with Crippen LogP contribution in [0.1, 0.15) is 25.8 Å². The van der Waals surface area contributed by atoms with Crippen molar-refractivity contribution in [3.8, 4) is 0 Å². The minimum absolute atomic E-state index is 0.0633. The first kappa shape index (κ1) is 10.5. The summed E-state index contributed by atoms with van der Waals surface area (Å²) in [5.74, 6) is 1.11. The third kappa shape index (κ3) is 1.85. The zero-order chi connectivity index (χ0) is 12.0. The molecule has 0 unspecified atom stereocenters. The molecule has 90 valence electrons. The average molecular weight is 232 g/mol. The van der Waals surface area contributed by atoms with Crippen LogP contribution in [-0.2, 0) is 11.3 Å². The second-order valence-electron chi connectivity index (χ2n) is 5.27. The highest BCUT2D eigenvalue weighted by Crippen LogP contribution is 2.43. The molecule has 1 saturated carbocycles. The minimum atomic E-state index is 0.0633. The molecular formula is C12H16N4O. The highest BCUT2D eigenvalue weighted by atomic mass is 16.2. The molecule has 1 fully saturated rings. The van der Waals surface area contributed by atoms with Gasteiger partial charge in [0.15, 0.2) is 0 Å². The van der Waals surface area contributed by atoms with Crippen molar-refractivity contribution in [2.24, 2.45) is 22.9 Å². The standard InChI is InChI=1S/C12H16N4O/c1-7(2)5-16-6-8(4-13-16)11-9-3-10(9)12(17)15-14-11/h4,6-7,9-10H,3,5H2,1-2H3,(H,15,17)/t9-,10+/m1/s1. The number of hydrogen-bond donors (Lipinski definition) is 1. The summed E-state index contributed by atoms with van der Waals surface area (Å²) < 4.78 is 1.94. The Kier molecular flexibility index (Phi) is 2.28. The predicted molar refractivity (Wildman–Crippen MR) is 63.3 cm³/mol. The number of carbonyl (C=O) groups excluding carboxylic acids is 1. The fraction of sp³-hybridized carbons (Fsp3) is 0.583. The van der Waals surface area contributed by atoms with Crippen LogP contribution in [0, 0.1) is 17.8 Å². The fourth-order valence-corrected chi connectivity index (χ4v) is 2.32. The number of nitrogens with zero attached hydrogens (tertiary/aromatic N) is 3. The first-order valence-electron chi connectivity index (χ1n) is 6.05. The van der Waals surface area contributed by atoms with Crippen molar-refractivity contribution < 1.29 is 4.79 Å². The molecule has 5 nitrogen and oxygen atoms in total. The van der Waals surface area contributed by atoms with Crippen molar-refractivity contribution in [3.05, 3.63) is 18.0 Å². The van der Waals surface area contributed by atoms with Crippen LogP contribution in [-0.4, -0.2) is 21.4 Å². The molecule has 2 heterocycles. The molecule has 0 bridgehead atoms. The van der Waals surface area contributed by atoms with Crippen LogP contribution in [0.4, 0.5) is 0 Å². The fourth-order valence-electron chi connectivity index (χ4n) is 2.32. The van der Waals surface area contributed by atoms with E-state index in [9.17, 15) is 4.79 Å². The van der Waals surface area contributed by atoms with Gasteiger partial charge in [-0.2, -0.15) is 10.2 Å². The summed E-state index contributed by atoms with van der Waals surface area (Å²) in [4.78, 5) is 11.3. The minimum Gasteiger partial charge on any atom is -0.273 e. The summed E-state index contributed by atoms with van der Waals surface area (Å²) in [5.41, 5.74) is 4.61. The lowest BCUT2D eigenvalue weighted by Crippen LogP contribution is -2.28. The molecule has 1 aliphatic heterocycles. The molecule has 1 amide bonds. The number of rotatable bonds is 3. The molecular weight excluding hydrogens is 216 g/mol. The van der Waals surface area contributed by atoms with E-state index in [-0.39, 0.29) is 11.8 Å². The third-order valence-corrected chi connectivity index (χ3v) is 3.25. The number of nitrogens with one attached hydrogen (secondary N) is 1. The van der Waals surface area contributed by atoms with Gasteiger partial charge in [0.05, 0.1) is 11.9 Å². The van der Waals surface area contributed by atoms with Gasteiger partial charge < -0.3 is 0 Å². The van der Waals surface area contributed by atoms with E-state index in [1.165, 1.54) is 0 Å². The van der Waals surface area contributed by atoms with Crippen molar-refractivity contribution in [3.63, 3.8) is 0 Å². The van der Waals surface area contributed by atoms with E-state index < -0.39 is 0 Å². The van der Waals surface area contributed by atoms with Gasteiger partial charge in [0.25, 0.3) is 0 Å². The molecule has 1 N–H and O–H groups in total. The first-order chi connectivity index (χ1) is 8.15. The van der Waals surface area contributed by atoms with Crippen molar-refractivity contribution >= 4 is 11.6 Å². The summed E-state index contributed by atoms with van der Waals surface area (Å²) in [5, 5.41) is 8.49. The number of carbonyl (C=O) groups is 1. The summed E-state index contributed by atoms with van der Waals surface area (Å²) in [6.45, 7) is 5.24. The largest absolute Gasteiger partial charge is 0.273 e. The second kappa shape index (κ2) is 3.68. The Balaban J connectivity index is 1.81. The molecule has 5 heteroatoms. The van der Waals surface area contributed by atoms with Crippen LogP contribution < -0.4 is 5.43 Å². The lowest BCUT2D eigenvalue weighted by Gasteiger charge is -2.09. The van der Waals surface area contributed by atoms with E-state index in [4.69, 9.17) is 0 Å². The van der Waals surface area contributed by atoms with Crippen LogP contribution in [0.25, 0.3) is 0 Å². The highest BCUT2D eigenvalue weighted by Gasteiger charge is 2.49. The van der Waals surface area contributed by atoms with Crippen LogP contribution >= 0.6 is 0 Å². The maximum Gasteiger partial charge on any atom is 0.243 e. The van der Waals surface area contributed by atoms with Crippen molar-refractivity contribution in [1.29, 1.82) is 0 Å². The third-order valence-electron chi connectivity index (χ3n) is 3.25. The molecule has 1 aromatic heterocycles. The zero-order valence-electron chi connectivity index (χ0n) is 10.1. The maximum atomic E-state index is 11.3. The van der Waals surface area contributed by atoms with Gasteiger partial charge in [-0.3, -0.25) is 9.48 Å². The maximum absolute atomic E-state index is 11.3. The van der Waals surface area contributed by atoms with Crippen LogP contribution in [0.15, 0.2) is 17.5 Å². The van der Waals surface area contributed by atoms with Crippen molar-refractivity contribution in [1.82, 2.24) is 15.2 Å². The van der Waals surface area contributed by atoms with E-state index in [1.807, 2.05) is 17.1 Å². The quantitative estimate of drug-likeness (QED) is 0.845. The summed E-state index contributed by atoms with van der Waals surface area (Å²) in [6, 6.07) is 0. The smallest absolute Gasteiger partial charge is 0.243 e. The van der Waals surface area contributed by atoms with Gasteiger partial charge in [-0.15, -0.1) is 0 Å². The Hall–Kier alpha value is -1.65. The van der Waals surface area contributed by atoms with Gasteiger partial charge in [-0.1, -0.05) is 13.8 Å². The van der Waals surface area contributed by atoms with E-state index in [0.29, 0.717) is 11.8 Å². The number of hydrazone groups is 1. The van der Waals surface area contributed by atoms with Gasteiger partial charge in [0, 0.05) is 30.1 Å². The summed E-state index contributed by atoms with van der Waals surface area (Å²) in [6.07, 6.45) is 4.79. The molecule has 0 radical (unpaired) electrons. The zero-order valence-corrected chi connectivity index (χ0v) is 10.1. The lowest BCUT2D eigenvalue weighted by molar-refractivity contribution is -0.122. The Bertz CT molecular complexity index is 488. The van der Waals surface area contributed by atoms with Crippen LogP contribution in [0.5, 0.6) is 0 Å². The van der Waals surface area contributed by atoms with E-state index in [0.717, 1.165) is 24.2 Å². The monoisotopic (exact) mass is 232 g/mol. The first-order valence-corrected chi connectivity index (χ1v) is 6.05. The molecule has 2 atom stereocenters. The number of amides is 1. The predicted octanol–water partition coefficient (Wildman–Crippen LogP) is 1.01. The van der Waals surface area contributed by atoms with Gasteiger partial charge in [0.2, 0.25) is 5.91 Å². The molecule has 1 aromatic rings. The molecule has 3 rings (SSSR count). The molecule has 2 aliphatic rings. The normalized spacial score (nSPS) is 26.5. The number of aromatic nitrogens is 2. The Morgan fingerprint density at radius 2 is 2.35 bits per heavy atom. The van der Waals surface area contributed by atoms with Crippen LogP contribution in [0.2, 0.25) is 0 Å². The van der Waals surface area contributed by atoms with E-state index in [1.54, 1.807) is 0 Å². The Morgan fingerprint density at radius 1 is 1.53 bits per heavy atom. The van der Waals surface area contributed by atoms with E-state index >= 15 is 0 Å². The van der Waals surface area contributed by atoms with Crippen LogP contribution in [0.3, 0.4) is 0 Å².